The van der Waals surface area contributed by atoms with Gasteiger partial charge >= 0.3 is 0 Å². The highest BCUT2D eigenvalue weighted by Gasteiger charge is 2.28. The van der Waals surface area contributed by atoms with Crippen LogP contribution in [0.3, 0.4) is 0 Å². The molecule has 2 saturated heterocycles. The van der Waals surface area contributed by atoms with Crippen molar-refractivity contribution in [2.45, 2.75) is 50.9 Å². The molecule has 0 saturated carbocycles. The molecule has 168 valence electrons. The molecular formula is C19H32N12. The molecule has 4 heterocycles. The van der Waals surface area contributed by atoms with E-state index in [2.05, 4.69) is 25.3 Å². The average Bonchev–Trinajstić information content (AvgIpc) is 2.65. The SMILES string of the molecule is Cc1cc(C)nc(Nc2nc(N3CC(N)CC(N)C3)nc(N3CC(N)CC(N)C3)n2)n1. The summed E-state index contributed by atoms with van der Waals surface area (Å²) in [6, 6.07) is 1.74. The number of hydrogen-bond donors (Lipinski definition) is 5. The Balaban J connectivity index is 1.69. The minimum Gasteiger partial charge on any atom is -0.338 e. The van der Waals surface area contributed by atoms with Gasteiger partial charge in [-0.1, -0.05) is 0 Å². The normalized spacial score (nSPS) is 26.8. The van der Waals surface area contributed by atoms with Crippen molar-refractivity contribution < 1.29 is 0 Å². The molecule has 2 aromatic heterocycles. The van der Waals surface area contributed by atoms with E-state index in [1.807, 2.05) is 29.7 Å². The second-order valence-corrected chi connectivity index (χ2v) is 8.68. The van der Waals surface area contributed by atoms with Crippen LogP contribution in [0.25, 0.3) is 0 Å². The summed E-state index contributed by atoms with van der Waals surface area (Å²) in [5.41, 5.74) is 26.5. The first-order chi connectivity index (χ1) is 14.7. The van der Waals surface area contributed by atoms with Crippen molar-refractivity contribution in [1.29, 1.82) is 0 Å². The molecule has 31 heavy (non-hydrogen) atoms. The number of hydrogen-bond acceptors (Lipinski definition) is 12. The molecule has 4 unspecified atom stereocenters. The molecule has 0 radical (unpaired) electrons. The van der Waals surface area contributed by atoms with E-state index in [0.29, 0.717) is 50.0 Å². The summed E-state index contributed by atoms with van der Waals surface area (Å²) in [4.78, 5) is 26.8. The van der Waals surface area contributed by atoms with Gasteiger partial charge in [0.25, 0.3) is 0 Å². The largest absolute Gasteiger partial charge is 0.338 e. The zero-order chi connectivity index (χ0) is 22.1. The van der Waals surface area contributed by atoms with E-state index < -0.39 is 0 Å². The zero-order valence-corrected chi connectivity index (χ0v) is 18.1. The first-order valence-electron chi connectivity index (χ1n) is 10.6. The van der Waals surface area contributed by atoms with Gasteiger partial charge < -0.3 is 32.7 Å². The predicted octanol–water partition coefficient (Wildman–Crippen LogP) is -1.25. The van der Waals surface area contributed by atoms with Gasteiger partial charge in [0.2, 0.25) is 23.8 Å². The number of nitrogens with one attached hydrogen (secondary N) is 1. The highest BCUT2D eigenvalue weighted by Crippen LogP contribution is 2.23. The minimum absolute atomic E-state index is 0.0417. The molecule has 0 bridgehead atoms. The first-order valence-corrected chi connectivity index (χ1v) is 10.6. The van der Waals surface area contributed by atoms with Gasteiger partial charge in [-0.15, -0.1) is 0 Å². The maximum Gasteiger partial charge on any atom is 0.236 e. The van der Waals surface area contributed by atoms with Crippen LogP contribution in [0, 0.1) is 13.8 Å². The Bertz CT molecular complexity index is 836. The standard InChI is InChI=1S/C19H32N12/c1-10-3-11(2)25-16(24-10)26-17-27-18(30-6-12(20)4-13(21)7-30)29-19(28-17)31-8-14(22)5-15(23)9-31/h3,12-15H,4-9,20-23H2,1-2H3,(H,24,25,26,27,28,29). The lowest BCUT2D eigenvalue weighted by Crippen LogP contribution is -2.54. The Morgan fingerprint density at radius 3 is 1.48 bits per heavy atom. The molecule has 0 spiro atoms. The Kier molecular flexibility index (Phi) is 6.14. The minimum atomic E-state index is -0.0417. The van der Waals surface area contributed by atoms with Gasteiger partial charge in [0.1, 0.15) is 0 Å². The van der Waals surface area contributed by atoms with E-state index in [-0.39, 0.29) is 24.2 Å². The van der Waals surface area contributed by atoms with Crippen molar-refractivity contribution in [3.8, 4) is 0 Å². The molecule has 12 nitrogen and oxygen atoms in total. The van der Waals surface area contributed by atoms with E-state index in [0.717, 1.165) is 24.2 Å². The van der Waals surface area contributed by atoms with Crippen LogP contribution in [0.4, 0.5) is 23.8 Å². The lowest BCUT2D eigenvalue weighted by molar-refractivity contribution is 0.441. The highest BCUT2D eigenvalue weighted by atomic mass is 15.4. The monoisotopic (exact) mass is 428 g/mol. The second-order valence-electron chi connectivity index (χ2n) is 8.68. The molecule has 0 amide bonds. The Labute approximate surface area is 181 Å². The first kappa shape index (κ1) is 21.6. The smallest absolute Gasteiger partial charge is 0.236 e. The lowest BCUT2D eigenvalue weighted by Gasteiger charge is -2.36. The van der Waals surface area contributed by atoms with Crippen LogP contribution < -0.4 is 38.1 Å². The summed E-state index contributed by atoms with van der Waals surface area (Å²) in [6.07, 6.45) is 1.54. The maximum absolute atomic E-state index is 6.19. The van der Waals surface area contributed by atoms with Gasteiger partial charge in [-0.05, 0) is 32.8 Å². The summed E-state index contributed by atoms with van der Waals surface area (Å²) in [5, 5.41) is 3.13. The van der Waals surface area contributed by atoms with Crippen molar-refractivity contribution in [3.63, 3.8) is 0 Å². The predicted molar refractivity (Wildman–Crippen MR) is 120 cm³/mol. The van der Waals surface area contributed by atoms with Gasteiger partial charge in [-0.25, -0.2) is 9.97 Å². The molecule has 4 atom stereocenters. The van der Waals surface area contributed by atoms with Crippen LogP contribution in [-0.2, 0) is 0 Å². The number of aromatic nitrogens is 5. The molecule has 0 aromatic carbocycles. The molecule has 4 rings (SSSR count). The van der Waals surface area contributed by atoms with Crippen LogP contribution in [0.5, 0.6) is 0 Å². The quantitative estimate of drug-likeness (QED) is 0.390. The summed E-state index contributed by atoms with van der Waals surface area (Å²) < 4.78 is 0. The van der Waals surface area contributed by atoms with Crippen LogP contribution in [0.2, 0.25) is 0 Å². The van der Waals surface area contributed by atoms with Crippen molar-refractivity contribution in [2.24, 2.45) is 22.9 Å². The molecule has 2 aromatic rings. The number of aryl methyl sites for hydroxylation is 2. The van der Waals surface area contributed by atoms with Crippen molar-refractivity contribution in [3.05, 3.63) is 17.5 Å². The fraction of sp³-hybridized carbons (Fsp3) is 0.632. The van der Waals surface area contributed by atoms with Crippen molar-refractivity contribution in [1.82, 2.24) is 24.9 Å². The fourth-order valence-electron chi connectivity index (χ4n) is 4.26. The van der Waals surface area contributed by atoms with E-state index >= 15 is 0 Å². The van der Waals surface area contributed by atoms with Gasteiger partial charge in [0.15, 0.2) is 0 Å². The Hall–Kier alpha value is -2.67. The highest BCUT2D eigenvalue weighted by molar-refractivity contribution is 5.51. The maximum atomic E-state index is 6.19. The van der Waals surface area contributed by atoms with E-state index in [4.69, 9.17) is 27.9 Å². The molecular weight excluding hydrogens is 396 g/mol. The summed E-state index contributed by atoms with van der Waals surface area (Å²) in [5.74, 6) is 1.80. The van der Waals surface area contributed by atoms with E-state index in [9.17, 15) is 0 Å². The van der Waals surface area contributed by atoms with Crippen LogP contribution >= 0.6 is 0 Å². The summed E-state index contributed by atoms with van der Waals surface area (Å²) in [6.45, 7) is 6.31. The van der Waals surface area contributed by atoms with Gasteiger partial charge in [0, 0.05) is 61.7 Å². The zero-order valence-electron chi connectivity index (χ0n) is 18.1. The molecule has 9 N–H and O–H groups in total. The van der Waals surface area contributed by atoms with Crippen LogP contribution in [0.15, 0.2) is 6.07 Å². The van der Waals surface area contributed by atoms with Gasteiger partial charge in [0.05, 0.1) is 0 Å². The lowest BCUT2D eigenvalue weighted by atomic mass is 10.0. The second kappa shape index (κ2) is 8.83. The summed E-state index contributed by atoms with van der Waals surface area (Å²) in [7, 11) is 0. The van der Waals surface area contributed by atoms with E-state index in [1.54, 1.807) is 0 Å². The van der Waals surface area contributed by atoms with Gasteiger partial charge in [-0.3, -0.25) is 5.32 Å². The third-order valence-corrected chi connectivity index (χ3v) is 5.41. The number of nitrogens with zero attached hydrogens (tertiary/aromatic N) is 7. The van der Waals surface area contributed by atoms with Crippen LogP contribution in [-0.4, -0.2) is 75.3 Å². The third-order valence-electron chi connectivity index (χ3n) is 5.41. The Morgan fingerprint density at radius 2 is 1.06 bits per heavy atom. The molecule has 2 fully saturated rings. The summed E-state index contributed by atoms with van der Waals surface area (Å²) >= 11 is 0. The number of nitrogens with two attached hydrogens (primary N) is 4. The molecule has 12 heteroatoms. The number of anilines is 4. The number of piperidine rings is 2. The third kappa shape index (κ3) is 5.34. The van der Waals surface area contributed by atoms with Crippen LogP contribution in [0.1, 0.15) is 24.2 Å². The number of rotatable bonds is 4. The topological polar surface area (TPSA) is 187 Å². The fourth-order valence-corrected chi connectivity index (χ4v) is 4.26. The van der Waals surface area contributed by atoms with Crippen molar-refractivity contribution >= 4 is 23.8 Å². The molecule has 2 aliphatic rings. The molecule has 2 aliphatic heterocycles. The Morgan fingerprint density at radius 1 is 0.677 bits per heavy atom. The van der Waals surface area contributed by atoms with Gasteiger partial charge in [-0.2, -0.15) is 15.0 Å². The van der Waals surface area contributed by atoms with Crippen molar-refractivity contribution in [2.75, 3.05) is 41.3 Å². The molecule has 0 aliphatic carbocycles. The average molecular weight is 429 g/mol. The van der Waals surface area contributed by atoms with E-state index in [1.165, 1.54) is 0 Å².